The number of ether oxygens (including phenoxy) is 1. The highest BCUT2D eigenvalue weighted by molar-refractivity contribution is 5.80. The summed E-state index contributed by atoms with van der Waals surface area (Å²) < 4.78 is 10.8. The Labute approximate surface area is 128 Å². The lowest BCUT2D eigenvalue weighted by Gasteiger charge is -2.02. The molecule has 2 rings (SSSR count). The van der Waals surface area contributed by atoms with Gasteiger partial charge in [0.05, 0.1) is 12.8 Å². The molecule has 1 heterocycles. The van der Waals surface area contributed by atoms with Crippen molar-refractivity contribution >= 4 is 17.7 Å². The van der Waals surface area contributed by atoms with Crippen LogP contribution in [0.1, 0.15) is 31.0 Å². The third-order valence-electron chi connectivity index (χ3n) is 2.65. The number of nitriles is 1. The van der Waals surface area contributed by atoms with E-state index in [0.29, 0.717) is 18.1 Å². The van der Waals surface area contributed by atoms with Gasteiger partial charge in [-0.3, -0.25) is 0 Å². The van der Waals surface area contributed by atoms with Crippen molar-refractivity contribution < 1.29 is 9.15 Å². The minimum Gasteiger partial charge on any atom is -0.494 e. The molecule has 0 amide bonds. The van der Waals surface area contributed by atoms with Crippen LogP contribution in [0.2, 0.25) is 0 Å². The molecule has 6 nitrogen and oxygen atoms in total. The Balaban J connectivity index is 2.11. The number of hydrogen-bond donors (Lipinski definition) is 1. The standard InChI is InChI=1S/C16H16N4O2/c1-4-21-13-7-5-6-12(8-13)10-18-20-16-14(9-17)19-15(22-16)11(2)3/h5-8,10,20H,2,4H2,1,3H3/b18-10+. The number of nitrogens with zero attached hydrogens (tertiary/aromatic N) is 3. The SMILES string of the molecule is C=C(C)c1nc(C#N)c(N/N=C/c2cccc(OCC)c2)o1. The molecular weight excluding hydrogens is 280 g/mol. The molecule has 22 heavy (non-hydrogen) atoms. The minimum atomic E-state index is 0.137. The fraction of sp³-hybridized carbons (Fsp3) is 0.188. The largest absolute Gasteiger partial charge is 0.494 e. The highest BCUT2D eigenvalue weighted by atomic mass is 16.5. The summed E-state index contributed by atoms with van der Waals surface area (Å²) in [5.41, 5.74) is 4.31. The van der Waals surface area contributed by atoms with Crippen molar-refractivity contribution in [3.8, 4) is 11.8 Å². The maximum absolute atomic E-state index is 9.01. The number of oxazole rings is 1. The minimum absolute atomic E-state index is 0.137. The number of aromatic nitrogens is 1. The van der Waals surface area contributed by atoms with E-state index >= 15 is 0 Å². The lowest BCUT2D eigenvalue weighted by atomic mass is 10.2. The van der Waals surface area contributed by atoms with Crippen molar-refractivity contribution in [1.82, 2.24) is 4.98 Å². The van der Waals surface area contributed by atoms with Gasteiger partial charge in [0.1, 0.15) is 11.8 Å². The first-order chi connectivity index (χ1) is 10.6. The number of nitrogens with one attached hydrogen (secondary N) is 1. The van der Waals surface area contributed by atoms with E-state index in [1.807, 2.05) is 37.3 Å². The molecule has 0 atom stereocenters. The summed E-state index contributed by atoms with van der Waals surface area (Å²) in [5, 5.41) is 13.1. The van der Waals surface area contributed by atoms with E-state index in [-0.39, 0.29) is 11.6 Å². The number of allylic oxidation sites excluding steroid dienone is 1. The van der Waals surface area contributed by atoms with E-state index in [0.717, 1.165) is 11.3 Å². The molecule has 112 valence electrons. The van der Waals surface area contributed by atoms with Crippen LogP contribution in [0.25, 0.3) is 5.57 Å². The van der Waals surface area contributed by atoms with Crippen LogP contribution in [0.4, 0.5) is 5.88 Å². The van der Waals surface area contributed by atoms with E-state index in [4.69, 9.17) is 14.4 Å². The van der Waals surface area contributed by atoms with Gasteiger partial charge in [-0.1, -0.05) is 18.7 Å². The third-order valence-corrected chi connectivity index (χ3v) is 2.65. The van der Waals surface area contributed by atoms with Crippen molar-refractivity contribution in [2.45, 2.75) is 13.8 Å². The quantitative estimate of drug-likeness (QED) is 0.652. The van der Waals surface area contributed by atoms with Gasteiger partial charge in [-0.2, -0.15) is 15.3 Å². The third kappa shape index (κ3) is 3.73. The molecule has 0 aliphatic heterocycles. The zero-order chi connectivity index (χ0) is 15.9. The first-order valence-corrected chi connectivity index (χ1v) is 6.72. The molecule has 0 fully saturated rings. The topological polar surface area (TPSA) is 83.4 Å². The lowest BCUT2D eigenvalue weighted by molar-refractivity contribution is 0.340. The highest BCUT2D eigenvalue weighted by Gasteiger charge is 2.12. The van der Waals surface area contributed by atoms with Gasteiger partial charge >= 0.3 is 0 Å². The molecule has 0 saturated carbocycles. The van der Waals surface area contributed by atoms with Gasteiger partial charge in [-0.25, -0.2) is 5.43 Å². The Bertz CT molecular complexity index is 741. The van der Waals surface area contributed by atoms with Gasteiger partial charge in [0.15, 0.2) is 0 Å². The first kappa shape index (κ1) is 15.3. The van der Waals surface area contributed by atoms with Crippen LogP contribution < -0.4 is 10.2 Å². The van der Waals surface area contributed by atoms with Gasteiger partial charge in [0.2, 0.25) is 11.6 Å². The number of anilines is 1. The molecule has 1 aromatic carbocycles. The monoisotopic (exact) mass is 296 g/mol. The summed E-state index contributed by atoms with van der Waals surface area (Å²) >= 11 is 0. The van der Waals surface area contributed by atoms with Crippen LogP contribution in [-0.2, 0) is 0 Å². The van der Waals surface area contributed by atoms with Crippen molar-refractivity contribution in [3.63, 3.8) is 0 Å². The second-order valence-corrected chi connectivity index (χ2v) is 4.46. The predicted octanol–water partition coefficient (Wildman–Crippen LogP) is 3.42. The molecule has 0 spiro atoms. The van der Waals surface area contributed by atoms with Crippen molar-refractivity contribution in [3.05, 3.63) is 48.0 Å². The summed E-state index contributed by atoms with van der Waals surface area (Å²) in [7, 11) is 0. The normalized spacial score (nSPS) is 10.4. The van der Waals surface area contributed by atoms with Crippen LogP contribution in [0.3, 0.4) is 0 Å². The van der Waals surface area contributed by atoms with Crippen molar-refractivity contribution in [1.29, 1.82) is 5.26 Å². The summed E-state index contributed by atoms with van der Waals surface area (Å²) in [6.07, 6.45) is 1.60. The zero-order valence-corrected chi connectivity index (χ0v) is 12.5. The number of hydrogen-bond acceptors (Lipinski definition) is 6. The van der Waals surface area contributed by atoms with Crippen LogP contribution >= 0.6 is 0 Å². The second-order valence-electron chi connectivity index (χ2n) is 4.46. The Kier molecular flexibility index (Phi) is 4.94. The Morgan fingerprint density at radius 3 is 3.09 bits per heavy atom. The average molecular weight is 296 g/mol. The number of rotatable bonds is 6. The van der Waals surface area contributed by atoms with E-state index in [9.17, 15) is 0 Å². The molecule has 2 aromatic rings. The second kappa shape index (κ2) is 7.09. The Morgan fingerprint density at radius 2 is 2.41 bits per heavy atom. The molecule has 0 aliphatic carbocycles. The van der Waals surface area contributed by atoms with Gasteiger partial charge in [-0.05, 0) is 31.5 Å². The molecule has 0 saturated heterocycles. The molecule has 0 unspecified atom stereocenters. The van der Waals surface area contributed by atoms with Crippen LogP contribution in [-0.4, -0.2) is 17.8 Å². The lowest BCUT2D eigenvalue weighted by Crippen LogP contribution is -1.94. The fourth-order valence-electron chi connectivity index (χ4n) is 1.67. The van der Waals surface area contributed by atoms with Gasteiger partial charge < -0.3 is 9.15 Å². The van der Waals surface area contributed by atoms with E-state index in [2.05, 4.69) is 22.1 Å². The smallest absolute Gasteiger partial charge is 0.252 e. The van der Waals surface area contributed by atoms with Gasteiger partial charge in [0.25, 0.3) is 5.88 Å². The van der Waals surface area contributed by atoms with Gasteiger partial charge in [0, 0.05) is 5.57 Å². The van der Waals surface area contributed by atoms with Crippen molar-refractivity contribution in [2.75, 3.05) is 12.0 Å². The Morgan fingerprint density at radius 1 is 1.59 bits per heavy atom. The molecule has 1 N–H and O–H groups in total. The average Bonchev–Trinajstić information content (AvgIpc) is 2.92. The highest BCUT2D eigenvalue weighted by Crippen LogP contribution is 2.20. The summed E-state index contributed by atoms with van der Waals surface area (Å²) in [4.78, 5) is 4.01. The van der Waals surface area contributed by atoms with E-state index in [1.54, 1.807) is 13.1 Å². The molecule has 1 aromatic heterocycles. The zero-order valence-electron chi connectivity index (χ0n) is 12.5. The van der Waals surface area contributed by atoms with Crippen LogP contribution in [0.5, 0.6) is 5.75 Å². The molecule has 0 bridgehead atoms. The van der Waals surface area contributed by atoms with Crippen molar-refractivity contribution in [2.24, 2.45) is 5.10 Å². The molecule has 0 aliphatic rings. The summed E-state index contributed by atoms with van der Waals surface area (Å²) in [5.74, 6) is 1.28. The molecule has 0 radical (unpaired) electrons. The van der Waals surface area contributed by atoms with E-state index in [1.165, 1.54) is 0 Å². The first-order valence-electron chi connectivity index (χ1n) is 6.72. The van der Waals surface area contributed by atoms with Crippen LogP contribution in [0.15, 0.2) is 40.4 Å². The van der Waals surface area contributed by atoms with Crippen LogP contribution in [0, 0.1) is 11.3 Å². The fourth-order valence-corrected chi connectivity index (χ4v) is 1.67. The molecule has 6 heteroatoms. The molecular formula is C16H16N4O2. The number of benzene rings is 1. The maximum atomic E-state index is 9.01. The summed E-state index contributed by atoms with van der Waals surface area (Å²) in [6.45, 7) is 8.00. The maximum Gasteiger partial charge on any atom is 0.252 e. The van der Waals surface area contributed by atoms with Gasteiger partial charge in [-0.15, -0.1) is 0 Å². The number of hydrazone groups is 1. The Hall–Kier alpha value is -3.07. The predicted molar refractivity (Wildman–Crippen MR) is 84.8 cm³/mol. The van der Waals surface area contributed by atoms with E-state index < -0.39 is 0 Å². The summed E-state index contributed by atoms with van der Waals surface area (Å²) in [6, 6.07) is 9.44.